The Labute approximate surface area is 323 Å². The Morgan fingerprint density at radius 1 is 0.407 bits per heavy atom. The van der Waals surface area contributed by atoms with Crippen LogP contribution in [-0.4, -0.2) is 0 Å². The van der Waals surface area contributed by atoms with E-state index in [1.807, 2.05) is 24.3 Å². The summed E-state index contributed by atoms with van der Waals surface area (Å²) in [7, 11) is 0. The molecule has 1 fully saturated rings. The fourth-order valence-corrected chi connectivity index (χ4v) is 10.7. The normalized spacial score (nSPS) is 14.9. The Balaban J connectivity index is 1.43. The largest absolute Gasteiger partial charge is 0.307 e. The fourth-order valence-electron chi connectivity index (χ4n) is 8.60. The van der Waals surface area contributed by atoms with E-state index in [1.54, 1.807) is 47.8 Å². The lowest BCUT2D eigenvalue weighted by Crippen LogP contribution is -2.24. The number of rotatable bonds is 5. The number of nitrogens with zero attached hydrogens (tertiary/aromatic N) is 2. The summed E-state index contributed by atoms with van der Waals surface area (Å²) in [5.41, 5.74) is 9.73. The molecular formula is C48H36F2N2S2. The molecule has 0 aromatic heterocycles. The first-order valence-corrected chi connectivity index (χ1v) is 20.3. The van der Waals surface area contributed by atoms with Crippen LogP contribution in [0.25, 0.3) is 22.3 Å². The molecule has 3 aliphatic rings. The second-order valence-electron chi connectivity index (χ2n) is 14.1. The zero-order valence-electron chi connectivity index (χ0n) is 29.5. The molecular weight excluding hydrogens is 707 g/mol. The van der Waals surface area contributed by atoms with Crippen molar-refractivity contribution >= 4 is 57.6 Å². The maximum Gasteiger partial charge on any atom is 0.131 e. The topological polar surface area (TPSA) is 6.48 Å². The van der Waals surface area contributed by atoms with Gasteiger partial charge in [0.2, 0.25) is 0 Å². The number of fused-ring (bicyclic) bond motifs is 4. The number of hydrogen-bond acceptors (Lipinski definition) is 4. The molecule has 0 spiro atoms. The van der Waals surface area contributed by atoms with E-state index in [1.165, 1.54) is 6.42 Å². The molecule has 6 heteroatoms. The summed E-state index contributed by atoms with van der Waals surface area (Å²) in [5, 5.41) is 0. The van der Waals surface area contributed by atoms with Crippen LogP contribution in [0.4, 0.5) is 42.9 Å². The van der Waals surface area contributed by atoms with Gasteiger partial charge in [-0.25, -0.2) is 8.78 Å². The minimum absolute atomic E-state index is 0.129. The van der Waals surface area contributed by atoms with E-state index in [2.05, 4.69) is 113 Å². The predicted octanol–water partition coefficient (Wildman–Crippen LogP) is 15.2. The zero-order valence-corrected chi connectivity index (χ0v) is 31.1. The molecule has 0 atom stereocenters. The molecule has 0 amide bonds. The number of benzene rings is 7. The molecule has 2 aliphatic heterocycles. The Hall–Kier alpha value is -5.30. The summed E-state index contributed by atoms with van der Waals surface area (Å²) in [6, 6.07) is 50.3. The zero-order chi connectivity index (χ0) is 36.2. The summed E-state index contributed by atoms with van der Waals surface area (Å²) in [6.07, 6.45) is 5.32. The fraction of sp³-hybridized carbons (Fsp3) is 0.125. The van der Waals surface area contributed by atoms with Crippen LogP contribution < -0.4 is 9.80 Å². The van der Waals surface area contributed by atoms with E-state index in [-0.39, 0.29) is 17.6 Å². The van der Waals surface area contributed by atoms with Gasteiger partial charge in [0.25, 0.3) is 0 Å². The van der Waals surface area contributed by atoms with E-state index in [4.69, 9.17) is 0 Å². The lowest BCUT2D eigenvalue weighted by atomic mass is 9.78. The third-order valence-corrected chi connectivity index (χ3v) is 13.2. The first-order valence-electron chi connectivity index (χ1n) is 18.7. The molecule has 54 heavy (non-hydrogen) atoms. The lowest BCUT2D eigenvalue weighted by Gasteiger charge is -2.42. The monoisotopic (exact) mass is 742 g/mol. The average Bonchev–Trinajstić information content (AvgIpc) is 3.22. The van der Waals surface area contributed by atoms with Crippen molar-refractivity contribution in [1.29, 1.82) is 0 Å². The standard InChI is InChI=1S/C48H36F2N2S2/c49-36-20-6-4-18-32(36)34-30-35(33-19-5-7-21-37(33)50)48(52-40-24-10-14-28-44(40)54-45-29-15-11-25-41(45)52)46(31-16-2-1-3-17-31)47(34)51-38-22-8-12-26-42(38)53-43-27-13-9-23-39(43)51/h4-15,18-31H,1-3,16-17H2. The van der Waals surface area contributed by atoms with Crippen LogP contribution in [0.2, 0.25) is 0 Å². The number of para-hydroxylation sites is 4. The maximum atomic E-state index is 16.5. The van der Waals surface area contributed by atoms with Crippen LogP contribution >= 0.6 is 23.5 Å². The summed E-state index contributed by atoms with van der Waals surface area (Å²) in [5.74, 6) is -0.485. The molecule has 0 saturated heterocycles. The van der Waals surface area contributed by atoms with Crippen molar-refractivity contribution in [3.05, 3.63) is 169 Å². The van der Waals surface area contributed by atoms with Gasteiger partial charge in [-0.3, -0.25) is 0 Å². The molecule has 0 bridgehead atoms. The number of anilines is 6. The minimum Gasteiger partial charge on any atom is -0.307 e. The molecule has 0 radical (unpaired) electrons. The Morgan fingerprint density at radius 3 is 1.15 bits per heavy atom. The van der Waals surface area contributed by atoms with Gasteiger partial charge in [-0.2, -0.15) is 0 Å². The maximum absolute atomic E-state index is 16.5. The highest BCUT2D eigenvalue weighted by atomic mass is 32.2. The summed E-state index contributed by atoms with van der Waals surface area (Å²) >= 11 is 3.53. The smallest absolute Gasteiger partial charge is 0.131 e. The second kappa shape index (κ2) is 13.8. The van der Waals surface area contributed by atoms with Crippen LogP contribution in [0.1, 0.15) is 43.6 Å². The van der Waals surface area contributed by atoms with Crippen molar-refractivity contribution in [3.63, 3.8) is 0 Å². The van der Waals surface area contributed by atoms with Crippen molar-refractivity contribution in [2.75, 3.05) is 9.80 Å². The van der Waals surface area contributed by atoms with Crippen LogP contribution in [0.15, 0.2) is 171 Å². The molecule has 0 unspecified atom stereocenters. The van der Waals surface area contributed by atoms with E-state index >= 15 is 8.78 Å². The van der Waals surface area contributed by atoms with Gasteiger partial charge in [-0.05, 0) is 85.5 Å². The molecule has 264 valence electrons. The first kappa shape index (κ1) is 33.3. The van der Waals surface area contributed by atoms with Gasteiger partial charge in [-0.15, -0.1) is 0 Å². The Kier molecular flexibility index (Phi) is 8.53. The van der Waals surface area contributed by atoms with Crippen LogP contribution in [0.5, 0.6) is 0 Å². The Morgan fingerprint density at radius 2 is 0.759 bits per heavy atom. The number of halogens is 2. The third-order valence-electron chi connectivity index (χ3n) is 11.0. The first-order chi connectivity index (χ1) is 26.7. The highest BCUT2D eigenvalue weighted by Gasteiger charge is 2.38. The van der Waals surface area contributed by atoms with Gasteiger partial charge >= 0.3 is 0 Å². The predicted molar refractivity (Wildman–Crippen MR) is 221 cm³/mol. The van der Waals surface area contributed by atoms with Gasteiger partial charge in [-0.1, -0.05) is 128 Å². The lowest BCUT2D eigenvalue weighted by molar-refractivity contribution is 0.444. The van der Waals surface area contributed by atoms with Crippen LogP contribution in [0, 0.1) is 11.6 Å². The van der Waals surface area contributed by atoms with Crippen LogP contribution in [0.3, 0.4) is 0 Å². The minimum atomic E-state index is -0.307. The third kappa shape index (κ3) is 5.54. The van der Waals surface area contributed by atoms with Gasteiger partial charge in [0.05, 0.1) is 34.1 Å². The molecule has 1 aliphatic carbocycles. The van der Waals surface area contributed by atoms with Crippen molar-refractivity contribution in [1.82, 2.24) is 0 Å². The average molecular weight is 743 g/mol. The SMILES string of the molecule is Fc1ccccc1-c1cc(-c2ccccc2F)c(N2c3ccccc3Sc3ccccc32)c(C2CCCCC2)c1N1c2ccccc2Sc2ccccc21. The quantitative estimate of drug-likeness (QED) is 0.173. The molecule has 2 heterocycles. The highest BCUT2D eigenvalue weighted by molar-refractivity contribution is 8.00. The summed E-state index contributed by atoms with van der Waals surface area (Å²) in [6.45, 7) is 0. The van der Waals surface area contributed by atoms with E-state index < -0.39 is 0 Å². The highest BCUT2D eigenvalue weighted by Crippen LogP contribution is 2.62. The second-order valence-corrected chi connectivity index (χ2v) is 16.3. The van der Waals surface area contributed by atoms with Crippen molar-refractivity contribution in [3.8, 4) is 22.3 Å². The van der Waals surface area contributed by atoms with Crippen molar-refractivity contribution in [2.45, 2.75) is 57.6 Å². The molecule has 10 rings (SSSR count). The Bertz CT molecular complexity index is 2300. The van der Waals surface area contributed by atoms with Crippen molar-refractivity contribution in [2.24, 2.45) is 0 Å². The van der Waals surface area contributed by atoms with Gasteiger partial charge in [0.1, 0.15) is 11.6 Å². The van der Waals surface area contributed by atoms with E-state index in [9.17, 15) is 0 Å². The van der Waals surface area contributed by atoms with Crippen molar-refractivity contribution < 1.29 is 8.78 Å². The summed E-state index contributed by atoms with van der Waals surface area (Å²) in [4.78, 5) is 9.31. The number of hydrogen-bond donors (Lipinski definition) is 0. The van der Waals surface area contributed by atoms with Gasteiger partial charge < -0.3 is 9.80 Å². The molecule has 2 nitrogen and oxygen atoms in total. The van der Waals surface area contributed by atoms with E-state index in [0.717, 1.165) is 96.1 Å². The van der Waals surface area contributed by atoms with Gasteiger partial charge in [0, 0.05) is 47.4 Å². The molecule has 1 saturated carbocycles. The van der Waals surface area contributed by atoms with Gasteiger partial charge in [0.15, 0.2) is 0 Å². The molecule has 7 aromatic rings. The van der Waals surface area contributed by atoms with E-state index in [0.29, 0.717) is 11.1 Å². The van der Waals surface area contributed by atoms with Crippen LogP contribution in [-0.2, 0) is 0 Å². The molecule has 0 N–H and O–H groups in total. The summed E-state index contributed by atoms with van der Waals surface area (Å²) < 4.78 is 33.1. The molecule has 7 aromatic carbocycles.